The number of carbonyl (C=O) groups excluding carboxylic acids is 2. The lowest BCUT2D eigenvalue weighted by Crippen LogP contribution is -2.30. The van der Waals surface area contributed by atoms with Crippen molar-refractivity contribution in [3.63, 3.8) is 0 Å². The van der Waals surface area contributed by atoms with Crippen molar-refractivity contribution in [3.05, 3.63) is 69.0 Å². The number of anilines is 1. The van der Waals surface area contributed by atoms with E-state index in [4.69, 9.17) is 16.3 Å². The first-order chi connectivity index (χ1) is 13.4. The number of carbonyl (C=O) groups is 2. The second-order valence-electron chi connectivity index (χ2n) is 6.23. The smallest absolute Gasteiger partial charge is 0.351 e. The fraction of sp³-hybridized carbons (Fsp3) is 0.190. The third-order valence-electron chi connectivity index (χ3n) is 4.15. The third-order valence-corrected chi connectivity index (χ3v) is 5.51. The summed E-state index contributed by atoms with van der Waals surface area (Å²) in [5, 5.41) is 4.04. The van der Waals surface area contributed by atoms with E-state index in [9.17, 15) is 9.59 Å². The van der Waals surface area contributed by atoms with Crippen LogP contribution in [0, 0.1) is 13.8 Å². The molecule has 1 N–H and O–H groups in total. The Hall–Kier alpha value is -2.70. The number of thiazole rings is 1. The normalized spacial score (nSPS) is 11.7. The fourth-order valence-electron chi connectivity index (χ4n) is 2.60. The maximum atomic E-state index is 12.7. The van der Waals surface area contributed by atoms with Gasteiger partial charge in [-0.15, -0.1) is 11.3 Å². The molecule has 0 unspecified atom stereocenters. The van der Waals surface area contributed by atoms with Crippen LogP contribution in [0.4, 0.5) is 5.69 Å². The molecule has 0 saturated heterocycles. The van der Waals surface area contributed by atoms with Crippen molar-refractivity contribution in [1.82, 2.24) is 4.98 Å². The third kappa shape index (κ3) is 4.40. The van der Waals surface area contributed by atoms with Crippen LogP contribution in [0.15, 0.2) is 48.5 Å². The highest BCUT2D eigenvalue weighted by Crippen LogP contribution is 2.29. The van der Waals surface area contributed by atoms with E-state index in [0.29, 0.717) is 21.3 Å². The lowest BCUT2D eigenvalue weighted by atomic mass is 10.1. The monoisotopic (exact) mass is 414 g/mol. The van der Waals surface area contributed by atoms with Crippen LogP contribution in [0.1, 0.15) is 27.2 Å². The minimum atomic E-state index is -0.975. The van der Waals surface area contributed by atoms with Gasteiger partial charge in [-0.3, -0.25) is 4.79 Å². The van der Waals surface area contributed by atoms with Gasteiger partial charge in [-0.2, -0.15) is 0 Å². The first-order valence-electron chi connectivity index (χ1n) is 8.66. The van der Waals surface area contributed by atoms with Gasteiger partial charge in [-0.05, 0) is 38.5 Å². The van der Waals surface area contributed by atoms with E-state index in [0.717, 1.165) is 16.1 Å². The van der Waals surface area contributed by atoms with Crippen molar-refractivity contribution >= 4 is 40.5 Å². The van der Waals surface area contributed by atoms with Crippen molar-refractivity contribution in [2.45, 2.75) is 26.9 Å². The molecule has 0 bridgehead atoms. The van der Waals surface area contributed by atoms with Crippen molar-refractivity contribution < 1.29 is 14.3 Å². The molecule has 0 fully saturated rings. The summed E-state index contributed by atoms with van der Waals surface area (Å²) in [4.78, 5) is 30.0. The summed E-state index contributed by atoms with van der Waals surface area (Å²) in [6, 6.07) is 14.6. The predicted octanol–water partition coefficient (Wildman–Crippen LogP) is 5.26. The van der Waals surface area contributed by atoms with E-state index < -0.39 is 18.0 Å². The van der Waals surface area contributed by atoms with Crippen LogP contribution in [0.2, 0.25) is 5.02 Å². The molecule has 2 aromatic carbocycles. The lowest BCUT2D eigenvalue weighted by Gasteiger charge is -2.15. The van der Waals surface area contributed by atoms with Gasteiger partial charge in [0.15, 0.2) is 6.10 Å². The van der Waals surface area contributed by atoms with E-state index in [1.807, 2.05) is 37.3 Å². The zero-order valence-corrected chi connectivity index (χ0v) is 17.2. The molecule has 1 aromatic heterocycles. The predicted molar refractivity (Wildman–Crippen MR) is 112 cm³/mol. The molecule has 1 heterocycles. The number of benzene rings is 2. The lowest BCUT2D eigenvalue weighted by molar-refractivity contribution is -0.123. The standard InChI is InChI=1S/C21H19ClN2O3S/c1-12-16(22)10-7-11-17(12)24-20(25)13(2)27-21(26)19-18(23-14(3)28-19)15-8-5-4-6-9-15/h4-11,13H,1-3H3,(H,24,25)/t13-/m0/s1. The molecule has 144 valence electrons. The summed E-state index contributed by atoms with van der Waals surface area (Å²) in [5.41, 5.74) is 2.72. The Balaban J connectivity index is 1.74. The van der Waals surface area contributed by atoms with Gasteiger partial charge in [0.1, 0.15) is 4.88 Å². The van der Waals surface area contributed by atoms with E-state index in [2.05, 4.69) is 10.3 Å². The first-order valence-corrected chi connectivity index (χ1v) is 9.86. The molecule has 5 nitrogen and oxygen atoms in total. The molecule has 0 spiro atoms. The topological polar surface area (TPSA) is 68.3 Å². The number of aryl methyl sites for hydroxylation is 1. The summed E-state index contributed by atoms with van der Waals surface area (Å²) in [5.74, 6) is -1.00. The van der Waals surface area contributed by atoms with Crippen LogP contribution in [0.3, 0.4) is 0 Å². The number of nitrogens with zero attached hydrogens (tertiary/aromatic N) is 1. The largest absolute Gasteiger partial charge is 0.448 e. The van der Waals surface area contributed by atoms with Gasteiger partial charge in [0.25, 0.3) is 5.91 Å². The summed E-state index contributed by atoms with van der Waals surface area (Å²) in [6.07, 6.45) is -0.975. The highest BCUT2D eigenvalue weighted by Gasteiger charge is 2.24. The highest BCUT2D eigenvalue weighted by atomic mass is 35.5. The number of rotatable bonds is 5. The summed E-state index contributed by atoms with van der Waals surface area (Å²) >= 11 is 7.32. The van der Waals surface area contributed by atoms with E-state index in [1.54, 1.807) is 25.1 Å². The number of halogens is 1. The second-order valence-corrected chi connectivity index (χ2v) is 7.84. The molecule has 28 heavy (non-hydrogen) atoms. The molecule has 0 radical (unpaired) electrons. The van der Waals surface area contributed by atoms with Gasteiger partial charge in [-0.25, -0.2) is 9.78 Å². The number of hydrogen-bond acceptors (Lipinski definition) is 5. The summed E-state index contributed by atoms with van der Waals surface area (Å²) in [6.45, 7) is 5.16. The van der Waals surface area contributed by atoms with E-state index >= 15 is 0 Å². The Labute approximate surface area is 172 Å². The van der Waals surface area contributed by atoms with Crippen molar-refractivity contribution in [2.24, 2.45) is 0 Å². The first kappa shape index (κ1) is 20.0. The van der Waals surface area contributed by atoms with Gasteiger partial charge in [0.2, 0.25) is 0 Å². The number of hydrogen-bond donors (Lipinski definition) is 1. The molecule has 3 rings (SSSR count). The molecular weight excluding hydrogens is 396 g/mol. The van der Waals surface area contributed by atoms with Crippen LogP contribution in [-0.2, 0) is 9.53 Å². The van der Waals surface area contributed by atoms with Crippen LogP contribution >= 0.6 is 22.9 Å². The average molecular weight is 415 g/mol. The number of aromatic nitrogens is 1. The minimum absolute atomic E-state index is 0.377. The van der Waals surface area contributed by atoms with Crippen LogP contribution in [0.25, 0.3) is 11.3 Å². The Morgan fingerprint density at radius 1 is 1.11 bits per heavy atom. The van der Waals surface area contributed by atoms with Gasteiger partial charge in [0, 0.05) is 16.3 Å². The quantitative estimate of drug-likeness (QED) is 0.578. The molecule has 0 saturated carbocycles. The minimum Gasteiger partial charge on any atom is -0.448 e. The van der Waals surface area contributed by atoms with Crippen molar-refractivity contribution in [1.29, 1.82) is 0 Å². The molecule has 0 aliphatic heterocycles. The second kappa shape index (κ2) is 8.54. The van der Waals surface area contributed by atoms with Crippen molar-refractivity contribution in [3.8, 4) is 11.3 Å². The van der Waals surface area contributed by atoms with Crippen LogP contribution < -0.4 is 5.32 Å². The number of ether oxygens (including phenoxy) is 1. The zero-order chi connectivity index (χ0) is 20.3. The van der Waals surface area contributed by atoms with Gasteiger partial charge in [-0.1, -0.05) is 48.0 Å². The average Bonchev–Trinajstić information content (AvgIpc) is 3.08. The Bertz CT molecular complexity index is 1020. The molecular formula is C21H19ClN2O3S. The molecule has 1 amide bonds. The zero-order valence-electron chi connectivity index (χ0n) is 15.7. The number of esters is 1. The van der Waals surface area contributed by atoms with Gasteiger partial charge < -0.3 is 10.1 Å². The Morgan fingerprint density at radius 2 is 1.82 bits per heavy atom. The summed E-state index contributed by atoms with van der Waals surface area (Å²) < 4.78 is 5.40. The van der Waals surface area contributed by atoms with E-state index in [-0.39, 0.29) is 0 Å². The maximum Gasteiger partial charge on any atom is 0.351 e. The van der Waals surface area contributed by atoms with Crippen LogP contribution in [0.5, 0.6) is 0 Å². The Morgan fingerprint density at radius 3 is 2.54 bits per heavy atom. The van der Waals surface area contributed by atoms with Crippen LogP contribution in [-0.4, -0.2) is 23.0 Å². The Kier molecular flexibility index (Phi) is 6.11. The molecule has 7 heteroatoms. The summed E-state index contributed by atoms with van der Waals surface area (Å²) in [7, 11) is 0. The number of amides is 1. The van der Waals surface area contributed by atoms with Gasteiger partial charge >= 0.3 is 5.97 Å². The van der Waals surface area contributed by atoms with Crippen molar-refractivity contribution in [2.75, 3.05) is 5.32 Å². The fourth-order valence-corrected chi connectivity index (χ4v) is 3.60. The van der Waals surface area contributed by atoms with E-state index in [1.165, 1.54) is 18.3 Å². The number of nitrogens with one attached hydrogen (secondary N) is 1. The van der Waals surface area contributed by atoms with Gasteiger partial charge in [0.05, 0.1) is 10.7 Å². The maximum absolute atomic E-state index is 12.7. The molecule has 0 aliphatic rings. The molecule has 3 aromatic rings. The molecule has 1 atom stereocenters. The molecule has 0 aliphatic carbocycles. The highest BCUT2D eigenvalue weighted by molar-refractivity contribution is 7.14. The SMILES string of the molecule is Cc1nc(-c2ccccc2)c(C(=O)O[C@@H](C)C(=O)Nc2cccc(Cl)c2C)s1.